The predicted octanol–water partition coefficient (Wildman–Crippen LogP) is 6.56. The average Bonchev–Trinajstić information content (AvgIpc) is 2.67. The number of halogens is 1. The zero-order chi connectivity index (χ0) is 16.8. The maximum absolute atomic E-state index is 7.40. The molecule has 0 bridgehead atoms. The fourth-order valence-electron chi connectivity index (χ4n) is 3.25. The van der Waals surface area contributed by atoms with Gasteiger partial charge in [0.1, 0.15) is 4.87 Å². The van der Waals surface area contributed by atoms with Gasteiger partial charge < -0.3 is 0 Å². The van der Waals surface area contributed by atoms with Crippen molar-refractivity contribution in [2.45, 2.75) is 31.1 Å². The Labute approximate surface area is 150 Å². The molecule has 0 atom stereocenters. The monoisotopic (exact) mass is 334 g/mol. The number of hydrogen-bond donors (Lipinski definition) is 0. The van der Waals surface area contributed by atoms with E-state index < -0.39 is 4.87 Å². The fraction of sp³-hybridized carbons (Fsp3) is 0.217. The first-order valence-corrected chi connectivity index (χ1v) is 9.03. The molecular formula is C23H23Cl. The summed E-state index contributed by atoms with van der Waals surface area (Å²) >= 11 is 7.40. The Balaban J connectivity index is 2.20. The van der Waals surface area contributed by atoms with Crippen molar-refractivity contribution in [1.82, 2.24) is 0 Å². The standard InChI is InChI=1S/C23H23Cl/c1-2-3-12-19-13-10-11-18-22(19)23(24,20-14-6-4-7-15-20)21-16-8-5-9-17-21/h4-11,13-18H,2-3,12H2,1H3. The summed E-state index contributed by atoms with van der Waals surface area (Å²) in [5.74, 6) is 0. The van der Waals surface area contributed by atoms with Crippen LogP contribution in [0, 0.1) is 0 Å². The molecule has 1 heteroatoms. The minimum atomic E-state index is -0.660. The highest BCUT2D eigenvalue weighted by Gasteiger charge is 2.35. The Morgan fingerprint density at radius 2 is 1.21 bits per heavy atom. The van der Waals surface area contributed by atoms with E-state index in [-0.39, 0.29) is 0 Å². The van der Waals surface area contributed by atoms with E-state index in [1.54, 1.807) is 0 Å². The second kappa shape index (κ2) is 7.68. The van der Waals surface area contributed by atoms with Crippen LogP contribution in [0.1, 0.15) is 42.0 Å². The smallest absolute Gasteiger partial charge is 0.104 e. The normalized spacial score (nSPS) is 11.4. The van der Waals surface area contributed by atoms with Crippen molar-refractivity contribution in [3.05, 3.63) is 107 Å². The van der Waals surface area contributed by atoms with Crippen LogP contribution in [-0.2, 0) is 11.3 Å². The van der Waals surface area contributed by atoms with Crippen LogP contribution in [0.25, 0.3) is 0 Å². The zero-order valence-electron chi connectivity index (χ0n) is 14.1. The van der Waals surface area contributed by atoms with Crippen LogP contribution in [0.4, 0.5) is 0 Å². The van der Waals surface area contributed by atoms with Crippen LogP contribution < -0.4 is 0 Å². The lowest BCUT2D eigenvalue weighted by atomic mass is 9.81. The molecule has 0 aliphatic heterocycles. The fourth-order valence-corrected chi connectivity index (χ4v) is 3.69. The molecule has 0 aliphatic carbocycles. The summed E-state index contributed by atoms with van der Waals surface area (Å²) in [6.07, 6.45) is 3.41. The van der Waals surface area contributed by atoms with E-state index in [2.05, 4.69) is 79.7 Å². The van der Waals surface area contributed by atoms with Gasteiger partial charge in [-0.15, -0.1) is 11.6 Å². The minimum Gasteiger partial charge on any atom is -0.104 e. The summed E-state index contributed by atoms with van der Waals surface area (Å²) in [7, 11) is 0. The molecular weight excluding hydrogens is 312 g/mol. The molecule has 0 radical (unpaired) electrons. The third kappa shape index (κ3) is 3.25. The molecule has 24 heavy (non-hydrogen) atoms. The highest BCUT2D eigenvalue weighted by atomic mass is 35.5. The topological polar surface area (TPSA) is 0 Å². The molecule has 0 N–H and O–H groups in total. The Morgan fingerprint density at radius 3 is 1.75 bits per heavy atom. The Kier molecular flexibility index (Phi) is 5.37. The van der Waals surface area contributed by atoms with Crippen molar-refractivity contribution in [2.75, 3.05) is 0 Å². The van der Waals surface area contributed by atoms with Gasteiger partial charge in [-0.1, -0.05) is 98.3 Å². The number of unbranched alkanes of at least 4 members (excludes halogenated alkanes) is 1. The number of alkyl halides is 1. The van der Waals surface area contributed by atoms with Gasteiger partial charge in [-0.05, 0) is 35.1 Å². The first-order valence-electron chi connectivity index (χ1n) is 8.65. The van der Waals surface area contributed by atoms with Crippen molar-refractivity contribution >= 4 is 11.6 Å². The third-order valence-corrected chi connectivity index (χ3v) is 5.17. The van der Waals surface area contributed by atoms with Gasteiger partial charge in [0.2, 0.25) is 0 Å². The SMILES string of the molecule is CCCCc1ccccc1C(Cl)(c1ccccc1)c1ccccc1. The van der Waals surface area contributed by atoms with E-state index in [1.807, 2.05) is 12.1 Å². The lowest BCUT2D eigenvalue weighted by Crippen LogP contribution is -2.24. The molecule has 0 nitrogen and oxygen atoms in total. The second-order valence-corrected chi connectivity index (χ2v) is 6.72. The van der Waals surface area contributed by atoms with E-state index in [9.17, 15) is 0 Å². The molecule has 122 valence electrons. The van der Waals surface area contributed by atoms with E-state index in [1.165, 1.54) is 24.0 Å². The maximum atomic E-state index is 7.40. The number of hydrogen-bond acceptors (Lipinski definition) is 0. The quantitative estimate of drug-likeness (QED) is 0.353. The van der Waals surface area contributed by atoms with Crippen LogP contribution in [0.15, 0.2) is 84.9 Å². The van der Waals surface area contributed by atoms with Crippen molar-refractivity contribution in [1.29, 1.82) is 0 Å². The molecule has 0 aromatic heterocycles. The van der Waals surface area contributed by atoms with Crippen molar-refractivity contribution in [2.24, 2.45) is 0 Å². The zero-order valence-corrected chi connectivity index (χ0v) is 14.8. The van der Waals surface area contributed by atoms with Crippen LogP contribution in [0.5, 0.6) is 0 Å². The molecule has 0 aliphatic rings. The maximum Gasteiger partial charge on any atom is 0.120 e. The Morgan fingerprint density at radius 1 is 0.708 bits per heavy atom. The van der Waals surface area contributed by atoms with E-state index in [0.29, 0.717) is 0 Å². The van der Waals surface area contributed by atoms with Gasteiger partial charge in [0.15, 0.2) is 0 Å². The molecule has 0 unspecified atom stereocenters. The third-order valence-electron chi connectivity index (χ3n) is 4.53. The Hall–Kier alpha value is -2.05. The van der Waals surface area contributed by atoms with Gasteiger partial charge in [0.25, 0.3) is 0 Å². The molecule has 0 heterocycles. The van der Waals surface area contributed by atoms with E-state index >= 15 is 0 Å². The summed E-state index contributed by atoms with van der Waals surface area (Å²) in [5.41, 5.74) is 4.75. The van der Waals surface area contributed by atoms with Crippen LogP contribution in [0.3, 0.4) is 0 Å². The summed E-state index contributed by atoms with van der Waals surface area (Å²) in [4.78, 5) is -0.660. The second-order valence-electron chi connectivity index (χ2n) is 6.15. The van der Waals surface area contributed by atoms with Gasteiger partial charge in [-0.25, -0.2) is 0 Å². The van der Waals surface area contributed by atoms with E-state index in [4.69, 9.17) is 11.6 Å². The number of benzene rings is 3. The van der Waals surface area contributed by atoms with E-state index in [0.717, 1.165) is 17.5 Å². The van der Waals surface area contributed by atoms with Gasteiger partial charge >= 0.3 is 0 Å². The molecule has 3 rings (SSSR count). The number of rotatable bonds is 6. The first kappa shape index (κ1) is 16.8. The van der Waals surface area contributed by atoms with Crippen molar-refractivity contribution in [3.63, 3.8) is 0 Å². The molecule has 0 saturated carbocycles. The molecule has 3 aromatic carbocycles. The van der Waals surface area contributed by atoms with Gasteiger partial charge in [0.05, 0.1) is 0 Å². The molecule has 0 saturated heterocycles. The summed E-state index contributed by atoms with van der Waals surface area (Å²) < 4.78 is 0. The highest BCUT2D eigenvalue weighted by Crippen LogP contribution is 2.44. The summed E-state index contributed by atoms with van der Waals surface area (Å²) in [6.45, 7) is 2.23. The van der Waals surface area contributed by atoms with Crippen LogP contribution in [-0.4, -0.2) is 0 Å². The summed E-state index contributed by atoms with van der Waals surface area (Å²) in [5, 5.41) is 0. The van der Waals surface area contributed by atoms with Crippen LogP contribution >= 0.6 is 11.6 Å². The largest absolute Gasteiger partial charge is 0.120 e. The van der Waals surface area contributed by atoms with Crippen molar-refractivity contribution < 1.29 is 0 Å². The first-order chi connectivity index (χ1) is 11.8. The lowest BCUT2D eigenvalue weighted by molar-refractivity contribution is 0.769. The van der Waals surface area contributed by atoms with Gasteiger partial charge in [0, 0.05) is 0 Å². The van der Waals surface area contributed by atoms with Gasteiger partial charge in [-0.2, -0.15) is 0 Å². The lowest BCUT2D eigenvalue weighted by Gasteiger charge is -2.31. The van der Waals surface area contributed by atoms with Crippen LogP contribution in [0.2, 0.25) is 0 Å². The summed E-state index contributed by atoms with van der Waals surface area (Å²) in [6, 6.07) is 29.4. The van der Waals surface area contributed by atoms with Crippen molar-refractivity contribution in [3.8, 4) is 0 Å². The van der Waals surface area contributed by atoms with Gasteiger partial charge in [-0.3, -0.25) is 0 Å². The number of aryl methyl sites for hydroxylation is 1. The molecule has 0 fully saturated rings. The highest BCUT2D eigenvalue weighted by molar-refractivity contribution is 6.28. The molecule has 0 spiro atoms. The Bertz CT molecular complexity index is 723. The molecule has 0 amide bonds. The minimum absolute atomic E-state index is 0.660. The molecule has 3 aromatic rings. The average molecular weight is 335 g/mol. The predicted molar refractivity (Wildman–Crippen MR) is 104 cm³/mol.